The molecule has 1 aromatic carbocycles. The van der Waals surface area contributed by atoms with Gasteiger partial charge in [-0.05, 0) is 18.6 Å². The summed E-state index contributed by atoms with van der Waals surface area (Å²) < 4.78 is 13.3. The van der Waals surface area contributed by atoms with E-state index in [4.69, 9.17) is 0 Å². The topological polar surface area (TPSA) is 78.5 Å². The number of halogens is 1. The fourth-order valence-electron chi connectivity index (χ4n) is 1.92. The van der Waals surface area contributed by atoms with E-state index in [1.165, 1.54) is 23.1 Å². The second-order valence-electron chi connectivity index (χ2n) is 4.40. The summed E-state index contributed by atoms with van der Waals surface area (Å²) in [5.41, 5.74) is 4.11. The SMILES string of the molecule is O=C(CN1CCCC1=O)NNC(=O)c1ccccc1F. The number of rotatable bonds is 3. The molecule has 1 fully saturated rings. The van der Waals surface area contributed by atoms with Gasteiger partial charge in [-0.2, -0.15) is 0 Å². The van der Waals surface area contributed by atoms with E-state index in [1.807, 2.05) is 0 Å². The highest BCUT2D eigenvalue weighted by Gasteiger charge is 2.22. The Kier molecular flexibility index (Phi) is 4.29. The van der Waals surface area contributed by atoms with E-state index >= 15 is 0 Å². The lowest BCUT2D eigenvalue weighted by Gasteiger charge is -2.15. The van der Waals surface area contributed by atoms with Crippen molar-refractivity contribution < 1.29 is 18.8 Å². The molecule has 1 heterocycles. The van der Waals surface area contributed by atoms with Gasteiger partial charge >= 0.3 is 0 Å². The van der Waals surface area contributed by atoms with Gasteiger partial charge in [0.1, 0.15) is 12.4 Å². The third kappa shape index (κ3) is 3.31. The van der Waals surface area contributed by atoms with Gasteiger partial charge in [0.2, 0.25) is 5.91 Å². The molecule has 1 aliphatic heterocycles. The maximum absolute atomic E-state index is 13.3. The monoisotopic (exact) mass is 279 g/mol. The third-order valence-electron chi connectivity index (χ3n) is 2.94. The van der Waals surface area contributed by atoms with Gasteiger partial charge in [0.25, 0.3) is 11.8 Å². The lowest BCUT2D eigenvalue weighted by atomic mass is 10.2. The molecule has 1 aliphatic rings. The molecule has 0 spiro atoms. The molecule has 0 bridgehead atoms. The van der Waals surface area contributed by atoms with Crippen molar-refractivity contribution in [2.45, 2.75) is 12.8 Å². The summed E-state index contributed by atoms with van der Waals surface area (Å²) in [4.78, 5) is 35.9. The summed E-state index contributed by atoms with van der Waals surface area (Å²) >= 11 is 0. The number of nitrogens with one attached hydrogen (secondary N) is 2. The predicted molar refractivity (Wildman–Crippen MR) is 67.8 cm³/mol. The second kappa shape index (κ2) is 6.14. The minimum Gasteiger partial charge on any atom is -0.333 e. The number of likely N-dealkylation sites (tertiary alicyclic amines) is 1. The van der Waals surface area contributed by atoms with Gasteiger partial charge in [-0.3, -0.25) is 25.2 Å². The molecule has 2 rings (SSSR count). The van der Waals surface area contributed by atoms with Crippen molar-refractivity contribution in [3.63, 3.8) is 0 Å². The Bertz CT molecular complexity index is 547. The molecular formula is C13H14FN3O3. The molecule has 0 saturated carbocycles. The van der Waals surface area contributed by atoms with Crippen LogP contribution >= 0.6 is 0 Å². The Balaban J connectivity index is 1.83. The largest absolute Gasteiger partial charge is 0.333 e. The van der Waals surface area contributed by atoms with E-state index in [9.17, 15) is 18.8 Å². The van der Waals surface area contributed by atoms with Crippen molar-refractivity contribution in [2.24, 2.45) is 0 Å². The number of carbonyl (C=O) groups is 3. The van der Waals surface area contributed by atoms with E-state index in [-0.39, 0.29) is 18.0 Å². The Morgan fingerprint density at radius 2 is 2.00 bits per heavy atom. The van der Waals surface area contributed by atoms with E-state index in [0.717, 1.165) is 12.5 Å². The first-order valence-corrected chi connectivity index (χ1v) is 6.19. The van der Waals surface area contributed by atoms with Gasteiger partial charge in [-0.15, -0.1) is 0 Å². The van der Waals surface area contributed by atoms with Crippen LogP contribution in [0, 0.1) is 5.82 Å². The summed E-state index contributed by atoms with van der Waals surface area (Å²) in [6, 6.07) is 5.44. The Labute approximate surface area is 114 Å². The number of carbonyl (C=O) groups excluding carboxylic acids is 3. The van der Waals surface area contributed by atoms with Crippen LogP contribution < -0.4 is 10.9 Å². The quantitative estimate of drug-likeness (QED) is 0.776. The van der Waals surface area contributed by atoms with Gasteiger partial charge in [-0.1, -0.05) is 12.1 Å². The van der Waals surface area contributed by atoms with Crippen molar-refractivity contribution in [3.8, 4) is 0 Å². The lowest BCUT2D eigenvalue weighted by Crippen LogP contribution is -2.46. The van der Waals surface area contributed by atoms with Gasteiger partial charge in [0, 0.05) is 13.0 Å². The number of hydrogen-bond acceptors (Lipinski definition) is 3. The van der Waals surface area contributed by atoms with Gasteiger partial charge in [-0.25, -0.2) is 4.39 Å². The van der Waals surface area contributed by atoms with Crippen LogP contribution in [0.15, 0.2) is 24.3 Å². The van der Waals surface area contributed by atoms with Crippen LogP contribution in [0.2, 0.25) is 0 Å². The van der Waals surface area contributed by atoms with Crippen molar-refractivity contribution in [1.29, 1.82) is 0 Å². The summed E-state index contributed by atoms with van der Waals surface area (Å²) in [7, 11) is 0. The molecule has 0 aromatic heterocycles. The number of hydrogen-bond donors (Lipinski definition) is 2. The van der Waals surface area contributed by atoms with E-state index in [0.29, 0.717) is 13.0 Å². The molecule has 2 N–H and O–H groups in total. The van der Waals surface area contributed by atoms with Gasteiger partial charge < -0.3 is 4.90 Å². The van der Waals surface area contributed by atoms with E-state index < -0.39 is 17.6 Å². The molecule has 20 heavy (non-hydrogen) atoms. The zero-order valence-electron chi connectivity index (χ0n) is 10.7. The highest BCUT2D eigenvalue weighted by molar-refractivity contribution is 5.96. The zero-order valence-corrected chi connectivity index (χ0v) is 10.7. The van der Waals surface area contributed by atoms with Crippen LogP contribution in [0.1, 0.15) is 23.2 Å². The number of hydrazine groups is 1. The van der Waals surface area contributed by atoms with Crippen molar-refractivity contribution >= 4 is 17.7 Å². The molecule has 7 heteroatoms. The minimum absolute atomic E-state index is 0.0828. The second-order valence-corrected chi connectivity index (χ2v) is 4.40. The normalized spacial score (nSPS) is 14.2. The molecule has 6 nitrogen and oxygen atoms in total. The van der Waals surface area contributed by atoms with Crippen LogP contribution in [0.25, 0.3) is 0 Å². The summed E-state index contributed by atoms with van der Waals surface area (Å²) in [5, 5.41) is 0. The molecule has 1 saturated heterocycles. The molecule has 1 aromatic rings. The Hall–Kier alpha value is -2.44. The first-order chi connectivity index (χ1) is 9.58. The molecule has 0 atom stereocenters. The first-order valence-electron chi connectivity index (χ1n) is 6.19. The van der Waals surface area contributed by atoms with Crippen molar-refractivity contribution in [1.82, 2.24) is 15.8 Å². The van der Waals surface area contributed by atoms with Crippen LogP contribution in [-0.4, -0.2) is 35.7 Å². The maximum atomic E-state index is 13.3. The zero-order chi connectivity index (χ0) is 14.5. The minimum atomic E-state index is -0.746. The fourth-order valence-corrected chi connectivity index (χ4v) is 1.92. The fraction of sp³-hybridized carbons (Fsp3) is 0.308. The maximum Gasteiger partial charge on any atom is 0.272 e. The molecular weight excluding hydrogens is 265 g/mol. The van der Waals surface area contributed by atoms with Crippen LogP contribution in [0.4, 0.5) is 4.39 Å². The van der Waals surface area contributed by atoms with Crippen molar-refractivity contribution in [3.05, 3.63) is 35.6 Å². The summed E-state index contributed by atoms with van der Waals surface area (Å²) in [5.74, 6) is -2.02. The number of amides is 3. The van der Waals surface area contributed by atoms with E-state index in [1.54, 1.807) is 0 Å². The Morgan fingerprint density at radius 1 is 1.25 bits per heavy atom. The highest BCUT2D eigenvalue weighted by Crippen LogP contribution is 2.08. The molecule has 106 valence electrons. The molecule has 0 radical (unpaired) electrons. The van der Waals surface area contributed by atoms with Crippen LogP contribution in [-0.2, 0) is 9.59 Å². The van der Waals surface area contributed by atoms with Crippen LogP contribution in [0.3, 0.4) is 0 Å². The average molecular weight is 279 g/mol. The van der Waals surface area contributed by atoms with Crippen molar-refractivity contribution in [2.75, 3.05) is 13.1 Å². The predicted octanol–water partition coefficient (Wildman–Crippen LogP) is 0.209. The highest BCUT2D eigenvalue weighted by atomic mass is 19.1. The average Bonchev–Trinajstić information content (AvgIpc) is 2.82. The Morgan fingerprint density at radius 3 is 2.65 bits per heavy atom. The third-order valence-corrected chi connectivity index (χ3v) is 2.94. The smallest absolute Gasteiger partial charge is 0.272 e. The number of nitrogens with zero attached hydrogens (tertiary/aromatic N) is 1. The standard InChI is InChI=1S/C13H14FN3O3/c14-10-5-2-1-4-9(10)13(20)16-15-11(18)8-17-7-3-6-12(17)19/h1-2,4-5H,3,6-8H2,(H,15,18)(H,16,20). The molecule has 3 amide bonds. The number of benzene rings is 1. The summed E-state index contributed by atoms with van der Waals surface area (Å²) in [6.07, 6.45) is 1.17. The summed E-state index contributed by atoms with van der Waals surface area (Å²) in [6.45, 7) is 0.421. The molecule has 0 unspecified atom stereocenters. The lowest BCUT2D eigenvalue weighted by molar-refractivity contribution is -0.133. The van der Waals surface area contributed by atoms with Crippen LogP contribution in [0.5, 0.6) is 0 Å². The van der Waals surface area contributed by atoms with Gasteiger partial charge in [0.15, 0.2) is 0 Å². The first kappa shape index (κ1) is 14.0. The van der Waals surface area contributed by atoms with Gasteiger partial charge in [0.05, 0.1) is 5.56 Å². The van der Waals surface area contributed by atoms with E-state index in [2.05, 4.69) is 10.9 Å². The molecule has 0 aliphatic carbocycles.